The fraction of sp³-hybridized carbons (Fsp3) is 0.167. The molecule has 0 saturated carbocycles. The van der Waals surface area contributed by atoms with Crippen molar-refractivity contribution in [3.63, 3.8) is 0 Å². The Morgan fingerprint density at radius 3 is 2.78 bits per heavy atom. The van der Waals surface area contributed by atoms with Crippen LogP contribution in [0.5, 0.6) is 0 Å². The topological polar surface area (TPSA) is 57.8 Å². The molecule has 0 aliphatic heterocycles. The van der Waals surface area contributed by atoms with Gasteiger partial charge in [-0.15, -0.1) is 0 Å². The molecule has 0 amide bonds. The summed E-state index contributed by atoms with van der Waals surface area (Å²) in [5.74, 6) is -0.835. The molecule has 1 atom stereocenters. The second kappa shape index (κ2) is 4.95. The number of hydrogen-bond donors (Lipinski definition) is 2. The quantitative estimate of drug-likeness (QED) is 0.879. The van der Waals surface area contributed by atoms with Gasteiger partial charge in [0.05, 0.1) is 6.04 Å². The average molecular weight is 251 g/mol. The highest BCUT2D eigenvalue weighted by Gasteiger charge is 2.11. The maximum absolute atomic E-state index is 13.5. The summed E-state index contributed by atoms with van der Waals surface area (Å²) in [6.45, 7) is 1.70. The Balaban J connectivity index is 2.21. The molecule has 0 aliphatic carbocycles. The minimum atomic E-state index is -0.633. The van der Waals surface area contributed by atoms with Gasteiger partial charge in [-0.05, 0) is 19.1 Å². The van der Waals surface area contributed by atoms with Gasteiger partial charge in [-0.25, -0.2) is 18.6 Å². The van der Waals surface area contributed by atoms with Crippen molar-refractivity contribution in [3.05, 3.63) is 58.1 Å². The number of anilines is 1. The summed E-state index contributed by atoms with van der Waals surface area (Å²) in [5.41, 5.74) is -0.180. The molecule has 4 nitrogen and oxygen atoms in total. The summed E-state index contributed by atoms with van der Waals surface area (Å²) >= 11 is 0. The van der Waals surface area contributed by atoms with Crippen LogP contribution in [0.25, 0.3) is 0 Å². The number of H-pyrrole nitrogens is 1. The Labute approximate surface area is 102 Å². The number of nitrogens with zero attached hydrogens (tertiary/aromatic N) is 1. The summed E-state index contributed by atoms with van der Waals surface area (Å²) in [6.07, 6.45) is 1.34. The zero-order valence-corrected chi connectivity index (χ0v) is 9.58. The summed E-state index contributed by atoms with van der Waals surface area (Å²) in [6, 6.07) is 4.51. The first-order valence-corrected chi connectivity index (χ1v) is 5.33. The lowest BCUT2D eigenvalue weighted by atomic mass is 10.1. The average Bonchev–Trinajstić information content (AvgIpc) is 2.28. The standard InChI is InChI=1S/C12H11F2N3O/c1-7(9-3-2-8(13)6-10(9)14)16-11-4-5-15-12(18)17-11/h2-7H,1H3,(H2,15,16,17,18). The van der Waals surface area contributed by atoms with Crippen molar-refractivity contribution in [1.82, 2.24) is 9.97 Å². The van der Waals surface area contributed by atoms with Gasteiger partial charge in [-0.2, -0.15) is 0 Å². The van der Waals surface area contributed by atoms with Crippen LogP contribution >= 0.6 is 0 Å². The molecule has 18 heavy (non-hydrogen) atoms. The van der Waals surface area contributed by atoms with Crippen molar-refractivity contribution in [3.8, 4) is 0 Å². The fourth-order valence-corrected chi connectivity index (χ4v) is 1.62. The van der Waals surface area contributed by atoms with E-state index in [-0.39, 0.29) is 0 Å². The predicted molar refractivity (Wildman–Crippen MR) is 63.3 cm³/mol. The molecule has 1 heterocycles. The first-order valence-electron chi connectivity index (χ1n) is 5.33. The van der Waals surface area contributed by atoms with Gasteiger partial charge < -0.3 is 5.32 Å². The van der Waals surface area contributed by atoms with E-state index in [4.69, 9.17) is 0 Å². The lowest BCUT2D eigenvalue weighted by Crippen LogP contribution is -2.15. The molecule has 0 bridgehead atoms. The number of hydrogen-bond acceptors (Lipinski definition) is 3. The lowest BCUT2D eigenvalue weighted by Gasteiger charge is -2.15. The van der Waals surface area contributed by atoms with Gasteiger partial charge in [-0.3, -0.25) is 4.98 Å². The molecular formula is C12H11F2N3O. The molecule has 1 aromatic carbocycles. The van der Waals surface area contributed by atoms with Crippen molar-refractivity contribution in [2.75, 3.05) is 5.32 Å². The highest BCUT2D eigenvalue weighted by Crippen LogP contribution is 2.20. The van der Waals surface area contributed by atoms with Gasteiger partial charge in [0, 0.05) is 17.8 Å². The van der Waals surface area contributed by atoms with Gasteiger partial charge in [0.1, 0.15) is 17.5 Å². The number of nitrogens with one attached hydrogen (secondary N) is 2. The third-order valence-electron chi connectivity index (χ3n) is 2.48. The molecule has 94 valence electrons. The van der Waals surface area contributed by atoms with Gasteiger partial charge in [0.15, 0.2) is 0 Å². The van der Waals surface area contributed by atoms with E-state index in [9.17, 15) is 13.6 Å². The van der Waals surface area contributed by atoms with Crippen molar-refractivity contribution in [2.45, 2.75) is 13.0 Å². The molecule has 6 heteroatoms. The maximum Gasteiger partial charge on any atom is 0.346 e. The van der Waals surface area contributed by atoms with E-state index in [1.54, 1.807) is 13.0 Å². The fourth-order valence-electron chi connectivity index (χ4n) is 1.62. The Kier molecular flexibility index (Phi) is 3.36. The van der Waals surface area contributed by atoms with Gasteiger partial charge >= 0.3 is 5.69 Å². The molecule has 0 radical (unpaired) electrons. The van der Waals surface area contributed by atoms with Crippen molar-refractivity contribution in [2.24, 2.45) is 0 Å². The molecule has 2 aromatic rings. The molecule has 1 unspecified atom stereocenters. The smallest absolute Gasteiger partial charge is 0.346 e. The van der Waals surface area contributed by atoms with E-state index in [0.717, 1.165) is 6.07 Å². The Bertz CT molecular complexity index is 612. The number of rotatable bonds is 3. The molecule has 0 spiro atoms. The van der Waals surface area contributed by atoms with Gasteiger partial charge in [0.25, 0.3) is 0 Å². The number of benzene rings is 1. The van der Waals surface area contributed by atoms with E-state index in [0.29, 0.717) is 11.4 Å². The van der Waals surface area contributed by atoms with Crippen LogP contribution in [-0.4, -0.2) is 9.97 Å². The van der Waals surface area contributed by atoms with Crippen LogP contribution < -0.4 is 11.0 Å². The Hall–Kier alpha value is -2.24. The minimum absolute atomic E-state index is 0.314. The molecule has 0 fully saturated rings. The second-order valence-electron chi connectivity index (χ2n) is 3.82. The van der Waals surface area contributed by atoms with Crippen LogP contribution in [0.2, 0.25) is 0 Å². The normalized spacial score (nSPS) is 12.2. The van der Waals surface area contributed by atoms with Crippen LogP contribution in [0, 0.1) is 11.6 Å². The van der Waals surface area contributed by atoms with Crippen LogP contribution in [0.3, 0.4) is 0 Å². The number of halogens is 2. The Morgan fingerprint density at radius 2 is 2.11 bits per heavy atom. The summed E-state index contributed by atoms with van der Waals surface area (Å²) in [7, 11) is 0. The predicted octanol–water partition coefficient (Wildman–Crippen LogP) is 2.22. The highest BCUT2D eigenvalue weighted by atomic mass is 19.1. The van der Waals surface area contributed by atoms with Crippen LogP contribution in [0.15, 0.2) is 35.3 Å². The van der Waals surface area contributed by atoms with E-state index >= 15 is 0 Å². The SMILES string of the molecule is CC(Nc1ccnc(=O)[nH]1)c1ccc(F)cc1F. The van der Waals surface area contributed by atoms with E-state index in [1.165, 1.54) is 18.3 Å². The van der Waals surface area contributed by atoms with Gasteiger partial charge in [-0.1, -0.05) is 6.07 Å². The van der Waals surface area contributed by atoms with Crippen molar-refractivity contribution < 1.29 is 8.78 Å². The molecular weight excluding hydrogens is 240 g/mol. The first-order chi connectivity index (χ1) is 8.56. The Morgan fingerprint density at radius 1 is 1.33 bits per heavy atom. The number of aromatic nitrogens is 2. The van der Waals surface area contributed by atoms with Crippen LogP contribution in [-0.2, 0) is 0 Å². The largest absolute Gasteiger partial charge is 0.365 e. The van der Waals surface area contributed by atoms with Crippen molar-refractivity contribution in [1.29, 1.82) is 0 Å². The zero-order chi connectivity index (χ0) is 13.1. The van der Waals surface area contributed by atoms with Gasteiger partial charge in [0.2, 0.25) is 0 Å². The molecule has 0 aliphatic rings. The van der Waals surface area contributed by atoms with E-state index < -0.39 is 23.4 Å². The molecule has 2 rings (SSSR count). The minimum Gasteiger partial charge on any atom is -0.365 e. The lowest BCUT2D eigenvalue weighted by molar-refractivity contribution is 0.566. The molecule has 1 aromatic heterocycles. The van der Waals surface area contributed by atoms with E-state index in [2.05, 4.69) is 15.3 Å². The monoisotopic (exact) mass is 251 g/mol. The second-order valence-corrected chi connectivity index (χ2v) is 3.82. The maximum atomic E-state index is 13.5. The zero-order valence-electron chi connectivity index (χ0n) is 9.58. The van der Waals surface area contributed by atoms with Crippen LogP contribution in [0.1, 0.15) is 18.5 Å². The van der Waals surface area contributed by atoms with E-state index in [1.807, 2.05) is 0 Å². The highest BCUT2D eigenvalue weighted by molar-refractivity contribution is 5.36. The summed E-state index contributed by atoms with van der Waals surface area (Å²) in [4.78, 5) is 16.9. The first kappa shape index (κ1) is 12.2. The summed E-state index contributed by atoms with van der Waals surface area (Å²) < 4.78 is 26.3. The molecule has 2 N–H and O–H groups in total. The molecule has 0 saturated heterocycles. The summed E-state index contributed by atoms with van der Waals surface area (Å²) in [5, 5.41) is 2.90. The third kappa shape index (κ3) is 2.71. The number of aromatic amines is 1. The van der Waals surface area contributed by atoms with Crippen LogP contribution in [0.4, 0.5) is 14.6 Å². The third-order valence-corrected chi connectivity index (χ3v) is 2.48. The van der Waals surface area contributed by atoms with Crippen molar-refractivity contribution >= 4 is 5.82 Å².